The maximum atomic E-state index is 5.24. The summed E-state index contributed by atoms with van der Waals surface area (Å²) in [6.07, 6.45) is 0. The zero-order valence-corrected chi connectivity index (χ0v) is 35.1. The lowest BCUT2D eigenvalue weighted by atomic mass is 9.23. The van der Waals surface area contributed by atoms with E-state index in [0.717, 1.165) is 22.5 Å². The third kappa shape index (κ3) is 5.89. The number of nitrogens with zero attached hydrogens (tertiary/aromatic N) is 2. The minimum Gasteiger partial charge on any atom is -0.297 e. The first-order valence-electron chi connectivity index (χ1n) is 20.4. The van der Waals surface area contributed by atoms with Crippen LogP contribution in [0.15, 0.2) is 133 Å². The number of hydrogen-bond acceptors (Lipinski definition) is 1. The molecule has 0 atom stereocenters. The van der Waals surface area contributed by atoms with Crippen LogP contribution in [0.3, 0.4) is 0 Å². The van der Waals surface area contributed by atoms with Crippen LogP contribution >= 0.6 is 0 Å². The number of aromatic nitrogens is 2. The quantitative estimate of drug-likeness (QED) is 0.146. The molecule has 8 aromatic carbocycles. The molecule has 0 bridgehead atoms. The molecule has 0 amide bonds. The van der Waals surface area contributed by atoms with E-state index in [1.165, 1.54) is 93.0 Å². The van der Waals surface area contributed by atoms with Gasteiger partial charge < -0.3 is 0 Å². The largest absolute Gasteiger partial charge is 0.297 e. The number of fused-ring (bicyclic) bond motifs is 4. The average Bonchev–Trinajstić information content (AvgIpc) is 3.61. The Bertz CT molecular complexity index is 3010. The first kappa shape index (κ1) is 37.2. The van der Waals surface area contributed by atoms with E-state index in [2.05, 4.69) is 216 Å². The maximum absolute atomic E-state index is 5.24. The van der Waals surface area contributed by atoms with E-state index in [-0.39, 0.29) is 10.3 Å². The van der Waals surface area contributed by atoms with Gasteiger partial charge in [-0.1, -0.05) is 114 Å². The van der Waals surface area contributed by atoms with Crippen LogP contribution in [0, 0.1) is 0 Å². The lowest BCUT2D eigenvalue weighted by molar-refractivity contribution is 0.757. The van der Waals surface area contributed by atoms with Crippen molar-refractivity contribution in [2.24, 2.45) is 0 Å². The van der Waals surface area contributed by atoms with Crippen molar-refractivity contribution in [1.29, 1.82) is 0 Å². The minimum absolute atomic E-state index is 0.0144. The summed E-state index contributed by atoms with van der Waals surface area (Å²) in [6.45, 7) is 0. The van der Waals surface area contributed by atoms with Gasteiger partial charge in [0.25, 0.3) is 0 Å². The van der Waals surface area contributed by atoms with E-state index in [1.807, 2.05) is 0 Å². The molecule has 0 fully saturated rings. The zero-order chi connectivity index (χ0) is 40.0. The highest BCUT2D eigenvalue weighted by Crippen LogP contribution is 2.45. The van der Waals surface area contributed by atoms with E-state index >= 15 is 0 Å². The van der Waals surface area contributed by atoms with Gasteiger partial charge in [-0.15, -0.1) is 21.5 Å². The fraction of sp³-hybridized carbons (Fsp3) is 0.0444. The molecular weight excluding hydrogens is 677 g/mol. The molecule has 9 rings (SSSR count). The summed E-state index contributed by atoms with van der Waals surface area (Å²) in [4.78, 5) is 5.24. The van der Waals surface area contributed by atoms with Gasteiger partial charge in [0.05, 0.1) is 34.6 Å². The minimum atomic E-state index is -0.168. The van der Waals surface area contributed by atoms with Gasteiger partial charge in [-0.2, -0.15) is 0 Å². The number of para-hydroxylation sites is 2. The normalized spacial score (nSPS) is 12.2. The molecule has 0 aliphatic carbocycles. The molecule has 57 heavy (non-hydrogen) atoms. The van der Waals surface area contributed by atoms with Gasteiger partial charge >= 0.3 is 0 Å². The molecule has 1 aromatic heterocycles. The number of hydrogen-bond donors (Lipinski definition) is 0. The first-order chi connectivity index (χ1) is 27.3. The average molecular weight is 719 g/mol. The summed E-state index contributed by atoms with van der Waals surface area (Å²) in [5.74, 6) is 1.09. The van der Waals surface area contributed by atoms with Crippen LogP contribution < -0.4 is 27.3 Å². The highest BCUT2D eigenvalue weighted by Gasteiger charge is 2.38. The fourth-order valence-corrected chi connectivity index (χ4v) is 9.06. The molecule has 1 heterocycles. The second kappa shape index (κ2) is 13.7. The van der Waals surface area contributed by atoms with Gasteiger partial charge in [0, 0.05) is 5.69 Å². The Morgan fingerprint density at radius 1 is 0.421 bits per heavy atom. The molecule has 0 radical (unpaired) electrons. The summed E-state index contributed by atoms with van der Waals surface area (Å²) in [5, 5.41) is 7.34. The summed E-state index contributed by atoms with van der Waals surface area (Å²) >= 11 is 0. The monoisotopic (exact) mass is 720 g/mol. The molecule has 0 aliphatic heterocycles. The topological polar surface area (TPSA) is 17.8 Å². The van der Waals surface area contributed by atoms with Gasteiger partial charge in [0.1, 0.15) is 60.7 Å². The maximum Gasteiger partial charge on any atom is 0.139 e. The lowest BCUT2D eigenvalue weighted by Crippen LogP contribution is -2.55. The molecule has 0 saturated heterocycles. The Hall–Kier alpha value is -5.34. The van der Waals surface area contributed by atoms with Crippen molar-refractivity contribution in [2.75, 3.05) is 0 Å². The van der Waals surface area contributed by atoms with E-state index in [4.69, 9.17) is 4.98 Å². The van der Waals surface area contributed by atoms with Crippen LogP contribution in [0.25, 0.3) is 82.4 Å². The summed E-state index contributed by atoms with van der Waals surface area (Å²) < 4.78 is 2.38. The van der Waals surface area contributed by atoms with Crippen LogP contribution in [0.1, 0.15) is 5.82 Å². The van der Waals surface area contributed by atoms with Gasteiger partial charge in [-0.25, -0.2) is 4.98 Å². The number of rotatable bonds is 6. The number of benzene rings is 8. The van der Waals surface area contributed by atoms with Gasteiger partial charge in [-0.05, 0) is 101 Å². The van der Waals surface area contributed by atoms with Gasteiger partial charge in [0.2, 0.25) is 0 Å². The van der Waals surface area contributed by atoms with Crippen molar-refractivity contribution in [1.82, 2.24) is 9.55 Å². The SMILES string of the molecule is Bc1c(B)c(B)c(-c2ccc(-c3c4ccccc4c(-c4ccc5cc(-n6c(C(B)(B)C(B)(B)B)nc7ccccc76)ccc5c4)c4ccccc34)cc2)c(B)c1B. The van der Waals surface area contributed by atoms with Gasteiger partial charge in [-0.3, -0.25) is 4.57 Å². The molecule has 0 spiro atoms. The van der Waals surface area contributed by atoms with Crippen LogP contribution in [0.2, 0.25) is 5.11 Å². The van der Waals surface area contributed by atoms with Gasteiger partial charge in [0.15, 0.2) is 0 Å². The molecule has 0 aliphatic rings. The second-order valence-electron chi connectivity index (χ2n) is 17.8. The molecule has 0 unspecified atom stereocenters. The predicted molar refractivity (Wildman–Crippen MR) is 278 cm³/mol. The van der Waals surface area contributed by atoms with Crippen molar-refractivity contribution >= 4 is 149 Å². The fourth-order valence-electron chi connectivity index (χ4n) is 9.06. The third-order valence-corrected chi connectivity index (χ3v) is 13.8. The predicted octanol–water partition coefficient (Wildman–Crippen LogP) is -1.83. The molecular formula is C45H42B10N2. The van der Waals surface area contributed by atoms with Crippen molar-refractivity contribution < 1.29 is 0 Å². The molecule has 12 heteroatoms. The first-order valence-corrected chi connectivity index (χ1v) is 20.4. The molecule has 0 saturated carbocycles. The van der Waals surface area contributed by atoms with Crippen molar-refractivity contribution in [2.45, 2.75) is 10.3 Å². The Morgan fingerprint density at radius 3 is 1.42 bits per heavy atom. The van der Waals surface area contributed by atoms with Crippen LogP contribution in [0.4, 0.5) is 0 Å². The summed E-state index contributed by atoms with van der Waals surface area (Å²) in [7, 11) is 22.9. The zero-order valence-electron chi connectivity index (χ0n) is 35.1. The van der Waals surface area contributed by atoms with E-state index < -0.39 is 0 Å². The van der Waals surface area contributed by atoms with Crippen LogP contribution in [-0.4, -0.2) is 88.0 Å². The smallest absolute Gasteiger partial charge is 0.139 e. The highest BCUT2D eigenvalue weighted by molar-refractivity contribution is 6.69. The Labute approximate surface area is 345 Å². The molecule has 2 nitrogen and oxygen atoms in total. The van der Waals surface area contributed by atoms with Crippen LogP contribution in [-0.2, 0) is 5.21 Å². The second-order valence-corrected chi connectivity index (χ2v) is 17.8. The Kier molecular flexibility index (Phi) is 8.92. The van der Waals surface area contributed by atoms with Crippen molar-refractivity contribution in [3.05, 3.63) is 139 Å². The summed E-state index contributed by atoms with van der Waals surface area (Å²) in [6, 6.07) is 49.7. The molecule has 0 N–H and O–H groups in total. The van der Waals surface area contributed by atoms with Crippen molar-refractivity contribution in [3.8, 4) is 39.1 Å². The van der Waals surface area contributed by atoms with E-state index in [1.54, 1.807) is 0 Å². The number of imidazole rings is 1. The highest BCUT2D eigenvalue weighted by atomic mass is 15.1. The standard InChI is InChI=1S/C45H42B10N2/c46-38-37(39(47)41(49)42(50)40(38)48)24-15-13-23(14-16-24)35-29-7-1-3-9-31(29)36(32-10-4-2-8-30(32)35)27-18-17-26-22-28(20-19-25(26)21-27)57-34-12-6-5-11-33(34)56-43(57)44(51,52)45(53,54)55/h1-22H,46-55H2. The van der Waals surface area contributed by atoms with E-state index in [0.29, 0.717) is 0 Å². The van der Waals surface area contributed by atoms with Crippen molar-refractivity contribution in [3.63, 3.8) is 0 Å². The Morgan fingerprint density at radius 2 is 0.860 bits per heavy atom. The van der Waals surface area contributed by atoms with E-state index in [9.17, 15) is 0 Å². The third-order valence-electron chi connectivity index (χ3n) is 13.8. The molecule has 262 valence electrons. The molecule has 9 aromatic rings. The summed E-state index contributed by atoms with van der Waals surface area (Å²) in [5.41, 5.74) is 17.9. The Balaban J connectivity index is 1.18. The lowest BCUT2D eigenvalue weighted by Gasteiger charge is -2.39. The van der Waals surface area contributed by atoms with Crippen LogP contribution in [0.5, 0.6) is 0 Å².